The minimum absolute atomic E-state index is 0.265. The number of phenols is 4. The van der Waals surface area contributed by atoms with E-state index >= 15 is 0 Å². The highest BCUT2D eigenvalue weighted by Gasteiger charge is 2.25. The van der Waals surface area contributed by atoms with Crippen molar-refractivity contribution in [1.82, 2.24) is 0 Å². The van der Waals surface area contributed by atoms with Gasteiger partial charge in [-0.3, -0.25) is 0 Å². The van der Waals surface area contributed by atoms with Gasteiger partial charge in [-0.25, -0.2) is 0 Å². The molecule has 4 nitrogen and oxygen atoms in total. The summed E-state index contributed by atoms with van der Waals surface area (Å²) >= 11 is 0. The maximum absolute atomic E-state index is 9.51. The van der Waals surface area contributed by atoms with Crippen molar-refractivity contribution in [1.29, 1.82) is 0 Å². The molecule has 0 heterocycles. The minimum Gasteiger partial charge on any atom is -0.508 e. The van der Waals surface area contributed by atoms with Gasteiger partial charge in [-0.2, -0.15) is 0 Å². The third kappa shape index (κ3) is 8.53. The average molecular weight is 555 g/mol. The van der Waals surface area contributed by atoms with E-state index < -0.39 is 0 Å². The Labute approximate surface area is 246 Å². The Hall–Kier alpha value is -3.92. The fourth-order valence-corrected chi connectivity index (χ4v) is 5.72. The van der Waals surface area contributed by atoms with Gasteiger partial charge >= 0.3 is 0 Å². The molecule has 2 unspecified atom stereocenters. The van der Waals surface area contributed by atoms with Crippen LogP contribution < -0.4 is 0 Å². The standard InChI is InChI=1S/C19H24O2.C18H22O2/c1-4-13(2)14(3)19(15-5-9-17(20)10-6-15)16-7-11-18(21)12-8-16;1-3-13(4-2)18(14-5-9-16(19)10-6-14)15-7-11-17(20)12-8-15/h5-14,19-21H,4H2,1-3H3;5-13,18-20H,3-4H2,1-2H3. The quantitative estimate of drug-likeness (QED) is 0.157. The van der Waals surface area contributed by atoms with Crippen molar-refractivity contribution in [3.05, 3.63) is 119 Å². The molecular formula is C37H46O4. The summed E-state index contributed by atoms with van der Waals surface area (Å²) in [6.45, 7) is 11.2. The van der Waals surface area contributed by atoms with Crippen LogP contribution in [-0.2, 0) is 0 Å². The molecule has 0 fully saturated rings. The lowest BCUT2D eigenvalue weighted by Crippen LogP contribution is -2.18. The van der Waals surface area contributed by atoms with E-state index in [2.05, 4.69) is 34.6 Å². The molecule has 0 spiro atoms. The van der Waals surface area contributed by atoms with Gasteiger partial charge < -0.3 is 20.4 Å². The fourth-order valence-electron chi connectivity index (χ4n) is 5.72. The Morgan fingerprint density at radius 1 is 0.415 bits per heavy atom. The fraction of sp³-hybridized carbons (Fsp3) is 0.351. The van der Waals surface area contributed by atoms with Crippen LogP contribution in [0.25, 0.3) is 0 Å². The average Bonchev–Trinajstić information content (AvgIpc) is 2.99. The molecule has 0 saturated carbocycles. The highest BCUT2D eigenvalue weighted by Crippen LogP contribution is 2.39. The van der Waals surface area contributed by atoms with Gasteiger partial charge in [0.05, 0.1) is 0 Å². The predicted molar refractivity (Wildman–Crippen MR) is 169 cm³/mol. The Kier molecular flexibility index (Phi) is 11.7. The molecular weight excluding hydrogens is 508 g/mol. The Balaban J connectivity index is 0.000000226. The summed E-state index contributed by atoms with van der Waals surface area (Å²) in [4.78, 5) is 0. The van der Waals surface area contributed by atoms with Crippen molar-refractivity contribution < 1.29 is 20.4 Å². The third-order valence-electron chi connectivity index (χ3n) is 8.60. The third-order valence-corrected chi connectivity index (χ3v) is 8.60. The molecule has 218 valence electrons. The van der Waals surface area contributed by atoms with E-state index in [0.717, 1.165) is 19.3 Å². The van der Waals surface area contributed by atoms with Crippen LogP contribution in [0.4, 0.5) is 0 Å². The number of hydrogen-bond donors (Lipinski definition) is 4. The van der Waals surface area contributed by atoms with Gasteiger partial charge in [0.25, 0.3) is 0 Å². The Morgan fingerprint density at radius 3 is 0.927 bits per heavy atom. The smallest absolute Gasteiger partial charge is 0.115 e. The van der Waals surface area contributed by atoms with Crippen molar-refractivity contribution in [2.45, 2.75) is 65.7 Å². The van der Waals surface area contributed by atoms with Gasteiger partial charge in [-0.1, -0.05) is 102 Å². The molecule has 0 aliphatic rings. The summed E-state index contributed by atoms with van der Waals surface area (Å²) in [7, 11) is 0. The highest BCUT2D eigenvalue weighted by atomic mass is 16.3. The van der Waals surface area contributed by atoms with Crippen molar-refractivity contribution in [3.8, 4) is 23.0 Å². The van der Waals surface area contributed by atoms with E-state index in [4.69, 9.17) is 0 Å². The number of phenolic OH excluding ortho intramolecular Hbond substituents is 4. The van der Waals surface area contributed by atoms with Crippen molar-refractivity contribution in [2.75, 3.05) is 0 Å². The Bertz CT molecular complexity index is 1200. The lowest BCUT2D eigenvalue weighted by atomic mass is 9.75. The van der Waals surface area contributed by atoms with Gasteiger partial charge in [0.2, 0.25) is 0 Å². The first-order chi connectivity index (χ1) is 19.7. The van der Waals surface area contributed by atoms with Crippen LogP contribution in [0.5, 0.6) is 23.0 Å². The largest absolute Gasteiger partial charge is 0.508 e. The predicted octanol–water partition coefficient (Wildman–Crippen LogP) is 9.58. The van der Waals surface area contributed by atoms with Crippen molar-refractivity contribution in [3.63, 3.8) is 0 Å². The molecule has 0 aromatic heterocycles. The zero-order valence-electron chi connectivity index (χ0n) is 25.0. The maximum atomic E-state index is 9.51. The molecule has 0 radical (unpaired) electrons. The van der Waals surface area contributed by atoms with Crippen molar-refractivity contribution >= 4 is 0 Å². The molecule has 4 heteroatoms. The zero-order chi connectivity index (χ0) is 29.9. The maximum Gasteiger partial charge on any atom is 0.115 e. The van der Waals surface area contributed by atoms with Crippen LogP contribution in [0.1, 0.15) is 88.0 Å². The molecule has 0 aliphatic carbocycles. The van der Waals surface area contributed by atoms with Crippen LogP contribution >= 0.6 is 0 Å². The zero-order valence-corrected chi connectivity index (χ0v) is 25.0. The molecule has 4 N–H and O–H groups in total. The van der Waals surface area contributed by atoms with Crippen LogP contribution in [0.15, 0.2) is 97.1 Å². The Morgan fingerprint density at radius 2 is 0.683 bits per heavy atom. The second-order valence-corrected chi connectivity index (χ2v) is 11.1. The summed E-state index contributed by atoms with van der Waals surface area (Å²) in [5.74, 6) is 3.35. The first-order valence-corrected chi connectivity index (χ1v) is 14.8. The minimum atomic E-state index is 0.265. The summed E-state index contributed by atoms with van der Waals surface area (Å²) in [6.07, 6.45) is 3.33. The normalized spacial score (nSPS) is 12.7. The van der Waals surface area contributed by atoms with E-state index in [9.17, 15) is 20.4 Å². The molecule has 4 aromatic carbocycles. The first-order valence-electron chi connectivity index (χ1n) is 14.8. The van der Waals surface area contributed by atoms with E-state index in [0.29, 0.717) is 46.7 Å². The van der Waals surface area contributed by atoms with Gasteiger partial charge in [0.15, 0.2) is 0 Å². The van der Waals surface area contributed by atoms with Crippen LogP contribution in [0.3, 0.4) is 0 Å². The lowest BCUT2D eigenvalue weighted by molar-refractivity contribution is 0.342. The van der Waals surface area contributed by atoms with E-state index in [-0.39, 0.29) is 5.92 Å². The van der Waals surface area contributed by atoms with Crippen molar-refractivity contribution in [2.24, 2.45) is 17.8 Å². The van der Waals surface area contributed by atoms with Gasteiger partial charge in [0, 0.05) is 11.8 Å². The molecule has 0 saturated heterocycles. The lowest BCUT2D eigenvalue weighted by Gasteiger charge is -2.29. The molecule has 0 aliphatic heterocycles. The molecule has 0 bridgehead atoms. The molecule has 2 atom stereocenters. The monoisotopic (exact) mass is 554 g/mol. The summed E-state index contributed by atoms with van der Waals surface area (Å²) in [6, 6.07) is 29.9. The molecule has 41 heavy (non-hydrogen) atoms. The number of benzene rings is 4. The first kappa shape index (κ1) is 31.6. The second kappa shape index (κ2) is 15.2. The SMILES string of the molecule is CCC(C)C(C)C(c1ccc(O)cc1)c1ccc(O)cc1.CCC(CC)C(c1ccc(O)cc1)c1ccc(O)cc1. The van der Waals surface area contributed by atoms with E-state index in [1.54, 1.807) is 48.5 Å². The van der Waals surface area contributed by atoms with Crippen LogP contribution in [0, 0.1) is 17.8 Å². The van der Waals surface area contributed by atoms with Crippen LogP contribution in [-0.4, -0.2) is 20.4 Å². The molecule has 4 rings (SSSR count). The van der Waals surface area contributed by atoms with E-state index in [1.807, 2.05) is 48.5 Å². The summed E-state index contributed by atoms with van der Waals surface area (Å²) in [5, 5.41) is 37.9. The number of hydrogen-bond acceptors (Lipinski definition) is 4. The topological polar surface area (TPSA) is 80.9 Å². The second-order valence-electron chi connectivity index (χ2n) is 11.1. The van der Waals surface area contributed by atoms with Gasteiger partial charge in [-0.05, 0) is 88.5 Å². The van der Waals surface area contributed by atoms with E-state index in [1.165, 1.54) is 22.3 Å². The summed E-state index contributed by atoms with van der Waals surface area (Å²) in [5.41, 5.74) is 4.82. The summed E-state index contributed by atoms with van der Waals surface area (Å²) < 4.78 is 0. The number of aromatic hydroxyl groups is 4. The molecule has 0 amide bonds. The van der Waals surface area contributed by atoms with Crippen LogP contribution in [0.2, 0.25) is 0 Å². The van der Waals surface area contributed by atoms with Gasteiger partial charge in [0.1, 0.15) is 23.0 Å². The van der Waals surface area contributed by atoms with Gasteiger partial charge in [-0.15, -0.1) is 0 Å². The number of rotatable bonds is 10. The highest BCUT2D eigenvalue weighted by molar-refractivity contribution is 5.39. The molecule has 4 aromatic rings.